The zero-order valence-electron chi connectivity index (χ0n) is 13.7. The molecular weight excluding hydrogens is 326 g/mol. The monoisotopic (exact) mass is 343 g/mol. The Morgan fingerprint density at radius 2 is 1.96 bits per heavy atom. The molecule has 0 saturated heterocycles. The molecule has 1 atom stereocenters. The average molecular weight is 343 g/mol. The normalized spacial score (nSPS) is 12.3. The molecule has 0 fully saturated rings. The molecule has 2 aromatic rings. The molecule has 8 nitrogen and oxygen atoms in total. The van der Waals surface area contributed by atoms with Crippen LogP contribution >= 0.6 is 0 Å². The van der Waals surface area contributed by atoms with Gasteiger partial charge in [0.05, 0.1) is 4.92 Å². The Balaban J connectivity index is 2.02. The van der Waals surface area contributed by atoms with Crippen LogP contribution in [0.5, 0.6) is 5.75 Å². The molecule has 2 aromatic carbocycles. The molecule has 2 N–H and O–H groups in total. The number of non-ortho nitro benzene ring substituents is 1. The Kier molecular flexibility index (Phi) is 5.67. The highest BCUT2D eigenvalue weighted by atomic mass is 16.7. The minimum absolute atomic E-state index is 0.141. The number of nitrogens with zero attached hydrogens (tertiary/aromatic N) is 2. The molecule has 0 aliphatic carbocycles. The lowest BCUT2D eigenvalue weighted by Gasteiger charge is -2.13. The topological polar surface area (TPSA) is 117 Å². The first kappa shape index (κ1) is 17.9. The molecule has 0 heterocycles. The zero-order valence-corrected chi connectivity index (χ0v) is 13.7. The second kappa shape index (κ2) is 7.91. The van der Waals surface area contributed by atoms with Crippen molar-refractivity contribution in [1.82, 2.24) is 0 Å². The predicted molar refractivity (Wildman–Crippen MR) is 91.2 cm³/mol. The molecule has 0 saturated carbocycles. The predicted octanol–water partition coefficient (Wildman–Crippen LogP) is 2.53. The van der Waals surface area contributed by atoms with Crippen molar-refractivity contribution >= 4 is 17.5 Å². The fraction of sp³-hybridized carbons (Fsp3) is 0.176. The number of nitrogens with two attached hydrogens (primary N) is 1. The molecule has 0 aliphatic heterocycles. The third kappa shape index (κ3) is 4.77. The van der Waals surface area contributed by atoms with Gasteiger partial charge in [-0.1, -0.05) is 35.5 Å². The summed E-state index contributed by atoms with van der Waals surface area (Å²) in [6.45, 7) is 3.37. The number of para-hydroxylation sites is 1. The minimum Gasteiger partial charge on any atom is -0.479 e. The first-order valence-corrected chi connectivity index (χ1v) is 7.40. The minimum atomic E-state index is -0.900. The average Bonchev–Trinajstić information content (AvgIpc) is 2.61. The van der Waals surface area contributed by atoms with Crippen LogP contribution in [0.25, 0.3) is 0 Å². The van der Waals surface area contributed by atoms with Gasteiger partial charge in [0.2, 0.25) is 0 Å². The molecule has 0 aliphatic rings. The van der Waals surface area contributed by atoms with Crippen LogP contribution in [0, 0.1) is 17.0 Å². The van der Waals surface area contributed by atoms with Crippen LogP contribution in [0.15, 0.2) is 53.7 Å². The van der Waals surface area contributed by atoms with Gasteiger partial charge in [-0.15, -0.1) is 0 Å². The second-order valence-corrected chi connectivity index (χ2v) is 5.22. The van der Waals surface area contributed by atoms with Crippen molar-refractivity contribution in [3.63, 3.8) is 0 Å². The molecule has 25 heavy (non-hydrogen) atoms. The van der Waals surface area contributed by atoms with E-state index in [2.05, 4.69) is 5.16 Å². The third-order valence-electron chi connectivity index (χ3n) is 3.32. The standard InChI is InChI=1S/C17H17N3O5/c1-11-6-3-4-9-15(11)24-12(2)17(21)25-19-16(18)13-7-5-8-14(10-13)20(22)23/h3-10,12H,1-2H3,(H2,18,19). The number of benzene rings is 2. The van der Waals surface area contributed by atoms with Gasteiger partial charge in [-0.2, -0.15) is 0 Å². The number of carbonyl (C=O) groups excluding carboxylic acids is 1. The van der Waals surface area contributed by atoms with Crippen LogP contribution in [0.1, 0.15) is 18.1 Å². The Morgan fingerprint density at radius 1 is 1.24 bits per heavy atom. The van der Waals surface area contributed by atoms with Crippen molar-refractivity contribution < 1.29 is 19.3 Å². The number of carbonyl (C=O) groups is 1. The number of nitro groups is 1. The van der Waals surface area contributed by atoms with E-state index in [4.69, 9.17) is 15.3 Å². The number of oxime groups is 1. The van der Waals surface area contributed by atoms with Gasteiger partial charge in [-0.25, -0.2) is 4.79 Å². The van der Waals surface area contributed by atoms with E-state index in [9.17, 15) is 14.9 Å². The van der Waals surface area contributed by atoms with Crippen molar-refractivity contribution in [1.29, 1.82) is 0 Å². The van der Waals surface area contributed by atoms with E-state index in [-0.39, 0.29) is 17.1 Å². The number of aryl methyl sites for hydroxylation is 1. The first-order chi connectivity index (χ1) is 11.9. The molecule has 2 rings (SSSR count). The van der Waals surface area contributed by atoms with E-state index in [1.807, 2.05) is 19.1 Å². The van der Waals surface area contributed by atoms with Crippen molar-refractivity contribution in [2.24, 2.45) is 10.9 Å². The van der Waals surface area contributed by atoms with Gasteiger partial charge in [0, 0.05) is 17.7 Å². The van der Waals surface area contributed by atoms with Crippen molar-refractivity contribution in [3.8, 4) is 5.75 Å². The highest BCUT2D eigenvalue weighted by Crippen LogP contribution is 2.18. The molecule has 0 spiro atoms. The summed E-state index contributed by atoms with van der Waals surface area (Å²) in [5.41, 5.74) is 6.71. The molecule has 1 unspecified atom stereocenters. The van der Waals surface area contributed by atoms with Gasteiger partial charge < -0.3 is 15.3 Å². The van der Waals surface area contributed by atoms with Crippen LogP contribution in [0.2, 0.25) is 0 Å². The Bertz CT molecular complexity index is 819. The highest BCUT2D eigenvalue weighted by Gasteiger charge is 2.18. The number of amidine groups is 1. The lowest BCUT2D eigenvalue weighted by atomic mass is 10.2. The maximum atomic E-state index is 12.0. The lowest BCUT2D eigenvalue weighted by molar-refractivity contribution is -0.384. The summed E-state index contributed by atoms with van der Waals surface area (Å²) < 4.78 is 5.52. The molecule has 0 bridgehead atoms. The molecule has 8 heteroatoms. The highest BCUT2D eigenvalue weighted by molar-refractivity contribution is 5.98. The van der Waals surface area contributed by atoms with Gasteiger partial charge in [-0.3, -0.25) is 10.1 Å². The summed E-state index contributed by atoms with van der Waals surface area (Å²) in [6.07, 6.45) is -0.900. The SMILES string of the molecule is Cc1ccccc1OC(C)C(=O)O/N=C(\N)c1cccc([N+](=O)[O-])c1. The van der Waals surface area contributed by atoms with Crippen LogP contribution in [-0.4, -0.2) is 22.8 Å². The van der Waals surface area contributed by atoms with E-state index in [1.165, 1.54) is 31.2 Å². The van der Waals surface area contributed by atoms with Gasteiger partial charge in [0.15, 0.2) is 11.9 Å². The number of hydrogen-bond acceptors (Lipinski definition) is 6. The van der Waals surface area contributed by atoms with Gasteiger partial charge in [0.25, 0.3) is 5.69 Å². The summed E-state index contributed by atoms with van der Waals surface area (Å²) in [6, 6.07) is 12.8. The summed E-state index contributed by atoms with van der Waals surface area (Å²) >= 11 is 0. The van der Waals surface area contributed by atoms with E-state index >= 15 is 0 Å². The fourth-order valence-corrected chi connectivity index (χ4v) is 1.93. The molecule has 0 radical (unpaired) electrons. The quantitative estimate of drug-likeness (QED) is 0.283. The number of hydrogen-bond donors (Lipinski definition) is 1. The van der Waals surface area contributed by atoms with Gasteiger partial charge in [-0.05, 0) is 25.5 Å². The largest absolute Gasteiger partial charge is 0.479 e. The molecule has 0 amide bonds. The Hall–Kier alpha value is -3.42. The van der Waals surface area contributed by atoms with E-state index in [0.29, 0.717) is 5.75 Å². The Labute approximate surface area is 144 Å². The van der Waals surface area contributed by atoms with Gasteiger partial charge >= 0.3 is 5.97 Å². The van der Waals surface area contributed by atoms with E-state index < -0.39 is 17.0 Å². The summed E-state index contributed by atoms with van der Waals surface area (Å²) in [5, 5.41) is 14.3. The van der Waals surface area contributed by atoms with Crippen molar-refractivity contribution in [3.05, 3.63) is 69.8 Å². The van der Waals surface area contributed by atoms with Crippen LogP contribution in [0.4, 0.5) is 5.69 Å². The number of ether oxygens (including phenoxy) is 1. The summed E-state index contributed by atoms with van der Waals surface area (Å²) in [7, 11) is 0. The third-order valence-corrected chi connectivity index (χ3v) is 3.32. The molecule has 130 valence electrons. The second-order valence-electron chi connectivity index (χ2n) is 5.22. The zero-order chi connectivity index (χ0) is 18.4. The van der Waals surface area contributed by atoms with Crippen molar-refractivity contribution in [2.45, 2.75) is 20.0 Å². The van der Waals surface area contributed by atoms with Gasteiger partial charge in [0.1, 0.15) is 5.75 Å². The van der Waals surface area contributed by atoms with E-state index in [0.717, 1.165) is 5.56 Å². The first-order valence-electron chi connectivity index (χ1n) is 7.40. The number of nitro benzene ring substituents is 1. The maximum absolute atomic E-state index is 12.0. The van der Waals surface area contributed by atoms with Crippen molar-refractivity contribution in [2.75, 3.05) is 0 Å². The summed E-state index contributed by atoms with van der Waals surface area (Å²) in [4.78, 5) is 26.9. The van der Waals surface area contributed by atoms with Crippen LogP contribution in [0.3, 0.4) is 0 Å². The van der Waals surface area contributed by atoms with E-state index in [1.54, 1.807) is 12.1 Å². The van der Waals surface area contributed by atoms with Crippen LogP contribution < -0.4 is 10.5 Å². The molecule has 0 aromatic heterocycles. The fourth-order valence-electron chi connectivity index (χ4n) is 1.93. The number of rotatable bonds is 6. The lowest BCUT2D eigenvalue weighted by Crippen LogP contribution is -2.26. The maximum Gasteiger partial charge on any atom is 0.374 e. The Morgan fingerprint density at radius 3 is 2.64 bits per heavy atom. The smallest absolute Gasteiger partial charge is 0.374 e. The molecular formula is C17H17N3O5. The summed E-state index contributed by atoms with van der Waals surface area (Å²) in [5.74, 6) is -0.334. The van der Waals surface area contributed by atoms with Crippen LogP contribution in [-0.2, 0) is 9.63 Å².